The molecule has 0 radical (unpaired) electrons. The van der Waals surface area contributed by atoms with Crippen LogP contribution in [-0.4, -0.2) is 30.9 Å². The van der Waals surface area contributed by atoms with Gasteiger partial charge in [0.25, 0.3) is 5.92 Å². The third-order valence-corrected chi connectivity index (χ3v) is 1.39. The molecule has 1 fully saturated rings. The molecule has 1 saturated heterocycles. The topological polar surface area (TPSA) is 3.24 Å². The second-order valence-corrected chi connectivity index (χ2v) is 2.38. The molecule has 0 aromatic heterocycles. The summed E-state index contributed by atoms with van der Waals surface area (Å²) in [4.78, 5) is 0.858. The highest BCUT2D eigenvalue weighted by Crippen LogP contribution is 2.25. The van der Waals surface area contributed by atoms with Gasteiger partial charge in [0.05, 0.1) is 6.54 Å². The third kappa shape index (κ3) is 1.90. The lowest BCUT2D eigenvalue weighted by Gasteiger charge is -2.28. The van der Waals surface area contributed by atoms with Crippen LogP contribution in [-0.2, 0) is 0 Å². The minimum atomic E-state index is -2.83. The molecule has 0 spiro atoms. The van der Waals surface area contributed by atoms with Gasteiger partial charge in [-0.2, -0.15) is 0 Å². The van der Waals surface area contributed by atoms with E-state index in [1.54, 1.807) is 0 Å². The molecule has 0 aliphatic carbocycles. The van der Waals surface area contributed by atoms with Crippen molar-refractivity contribution in [2.75, 3.05) is 20.1 Å². The molecule has 0 saturated carbocycles. The highest BCUT2D eigenvalue weighted by molar-refractivity contribution is 4.75. The lowest BCUT2D eigenvalue weighted by Crippen LogP contribution is -2.39. The molecule has 0 bridgehead atoms. The summed E-state index contributed by atoms with van der Waals surface area (Å²) in [5, 5.41) is 0. The van der Waals surface area contributed by atoms with Crippen molar-refractivity contribution in [2.24, 2.45) is 0 Å². The Morgan fingerprint density at radius 1 is 1.67 bits per heavy atom. The van der Waals surface area contributed by atoms with Crippen LogP contribution in [0.25, 0.3) is 0 Å². The average molecular weight is 138 g/mol. The lowest BCUT2D eigenvalue weighted by atomic mass is 10.1. The number of piperidine rings is 1. The van der Waals surface area contributed by atoms with E-state index in [-0.39, 0.29) is 19.4 Å². The van der Waals surface area contributed by atoms with Crippen molar-refractivity contribution < 1.29 is 12.9 Å². The van der Waals surface area contributed by atoms with Crippen LogP contribution >= 0.6 is 0 Å². The van der Waals surface area contributed by atoms with Gasteiger partial charge in [0.1, 0.15) is 0 Å². The fourth-order valence-corrected chi connectivity index (χ4v) is 0.966. The zero-order valence-electron chi connectivity index (χ0n) is 8.03. The quantitative estimate of drug-likeness (QED) is 0.488. The molecule has 1 rings (SSSR count). The summed E-state index contributed by atoms with van der Waals surface area (Å²) in [6, 6.07) is 0. The fraction of sp³-hybridized carbons (Fsp3) is 1.00. The van der Waals surface area contributed by atoms with Gasteiger partial charge in [-0.3, -0.25) is 0 Å². The molecule has 1 aliphatic heterocycles. The molecule has 1 aliphatic rings. The molecule has 0 amide bonds. The highest BCUT2D eigenvalue weighted by Gasteiger charge is 2.33. The first-order chi connectivity index (χ1) is 5.31. The Labute approximate surface area is 57.9 Å². The number of halogens is 2. The predicted molar refractivity (Wildman–Crippen MR) is 31.7 cm³/mol. The second kappa shape index (κ2) is 2.21. The Morgan fingerprint density at radius 3 is 2.89 bits per heavy atom. The van der Waals surface area contributed by atoms with Crippen LogP contribution in [0.4, 0.5) is 8.78 Å². The van der Waals surface area contributed by atoms with E-state index in [0.717, 1.165) is 4.90 Å². The van der Waals surface area contributed by atoms with E-state index in [2.05, 4.69) is 0 Å². The van der Waals surface area contributed by atoms with Crippen molar-refractivity contribution >= 4 is 0 Å². The first kappa shape index (κ1) is 3.86. The first-order valence-corrected chi connectivity index (χ1v) is 2.94. The SMILES string of the molecule is [2H]C([2H])([2H])N1CCCC(F)(F)C1. The lowest BCUT2D eigenvalue weighted by molar-refractivity contribution is -0.0571. The molecule has 0 unspecified atom stereocenters. The van der Waals surface area contributed by atoms with Gasteiger partial charge < -0.3 is 4.90 Å². The molecule has 1 nitrogen and oxygen atoms in total. The molecular formula is C6H11F2N. The second-order valence-electron chi connectivity index (χ2n) is 2.38. The Balaban J connectivity index is 2.58. The Bertz CT molecular complexity index is 165. The minimum Gasteiger partial charge on any atom is -0.301 e. The normalized spacial score (nSPS) is 34.7. The third-order valence-electron chi connectivity index (χ3n) is 1.39. The smallest absolute Gasteiger partial charge is 0.260 e. The van der Waals surface area contributed by atoms with Gasteiger partial charge in [-0.15, -0.1) is 0 Å². The van der Waals surface area contributed by atoms with Crippen LogP contribution in [0.15, 0.2) is 0 Å². The monoisotopic (exact) mass is 138 g/mol. The maximum atomic E-state index is 12.7. The maximum absolute atomic E-state index is 12.7. The summed E-state index contributed by atoms with van der Waals surface area (Å²) >= 11 is 0. The van der Waals surface area contributed by atoms with E-state index in [4.69, 9.17) is 4.11 Å². The summed E-state index contributed by atoms with van der Waals surface area (Å²) in [7, 11) is 0. The van der Waals surface area contributed by atoms with Crippen LogP contribution in [0.5, 0.6) is 0 Å². The van der Waals surface area contributed by atoms with E-state index >= 15 is 0 Å². The molecule has 54 valence electrons. The Kier molecular flexibility index (Phi) is 0.949. The van der Waals surface area contributed by atoms with Crippen molar-refractivity contribution in [1.29, 1.82) is 0 Å². The highest BCUT2D eigenvalue weighted by atomic mass is 19.3. The van der Waals surface area contributed by atoms with Gasteiger partial charge in [-0.05, 0) is 19.9 Å². The van der Waals surface area contributed by atoms with Gasteiger partial charge in [-0.25, -0.2) is 8.78 Å². The Hall–Kier alpha value is -0.180. The fourth-order valence-electron chi connectivity index (χ4n) is 0.966. The van der Waals surface area contributed by atoms with Crippen LogP contribution in [0.2, 0.25) is 0 Å². The Morgan fingerprint density at radius 2 is 2.44 bits per heavy atom. The summed E-state index contributed by atoms with van der Waals surface area (Å²) in [5.74, 6) is -2.83. The first-order valence-electron chi connectivity index (χ1n) is 4.44. The minimum absolute atomic E-state index is 0.195. The van der Waals surface area contributed by atoms with E-state index in [9.17, 15) is 8.78 Å². The molecule has 3 heteroatoms. The van der Waals surface area contributed by atoms with Crippen LogP contribution in [0.3, 0.4) is 0 Å². The van der Waals surface area contributed by atoms with Crippen molar-refractivity contribution in [2.45, 2.75) is 18.8 Å². The van der Waals surface area contributed by atoms with Gasteiger partial charge >= 0.3 is 0 Å². The van der Waals surface area contributed by atoms with Crippen LogP contribution in [0.1, 0.15) is 17.0 Å². The molecule has 0 aromatic rings. The molecular weight excluding hydrogens is 124 g/mol. The van der Waals surface area contributed by atoms with E-state index in [1.165, 1.54) is 0 Å². The summed E-state index contributed by atoms with van der Waals surface area (Å²) in [5.41, 5.74) is 0. The average Bonchev–Trinajstić information content (AvgIpc) is 1.83. The van der Waals surface area contributed by atoms with Crippen molar-refractivity contribution in [1.82, 2.24) is 4.90 Å². The van der Waals surface area contributed by atoms with Gasteiger partial charge in [0.2, 0.25) is 0 Å². The predicted octanol–water partition coefficient (Wildman–Crippen LogP) is 1.35. The van der Waals surface area contributed by atoms with E-state index < -0.39 is 19.4 Å². The van der Waals surface area contributed by atoms with Crippen molar-refractivity contribution in [3.63, 3.8) is 0 Å². The summed E-state index contributed by atoms with van der Waals surface area (Å²) < 4.78 is 46.2. The number of hydrogen-bond donors (Lipinski definition) is 0. The zero-order chi connectivity index (χ0) is 9.41. The zero-order valence-corrected chi connectivity index (χ0v) is 5.03. The van der Waals surface area contributed by atoms with Gasteiger partial charge in [0, 0.05) is 10.5 Å². The van der Waals surface area contributed by atoms with Crippen LogP contribution in [0, 0.1) is 0 Å². The molecule has 1 heterocycles. The summed E-state index contributed by atoms with van der Waals surface area (Å²) in [6.07, 6.45) is 0.0605. The standard InChI is InChI=1S/C6H11F2N/c1-9-4-2-3-6(7,8)5-9/h2-5H2,1H3/i1D3. The van der Waals surface area contributed by atoms with E-state index in [1.807, 2.05) is 0 Å². The van der Waals surface area contributed by atoms with Crippen molar-refractivity contribution in [3.05, 3.63) is 0 Å². The number of alkyl halides is 2. The number of nitrogens with zero attached hydrogens (tertiary/aromatic N) is 1. The molecule has 0 aromatic carbocycles. The molecule has 9 heavy (non-hydrogen) atoms. The number of likely N-dealkylation sites (tertiary alicyclic amines) is 1. The summed E-state index contributed by atoms with van der Waals surface area (Å²) in [6.45, 7) is -2.76. The number of hydrogen-bond acceptors (Lipinski definition) is 1. The molecule has 0 atom stereocenters. The number of rotatable bonds is 0. The van der Waals surface area contributed by atoms with Gasteiger partial charge in [-0.1, -0.05) is 0 Å². The largest absolute Gasteiger partial charge is 0.301 e. The van der Waals surface area contributed by atoms with Crippen molar-refractivity contribution in [3.8, 4) is 0 Å². The van der Waals surface area contributed by atoms with Gasteiger partial charge in [0.15, 0.2) is 0 Å². The molecule has 0 N–H and O–H groups in total. The van der Waals surface area contributed by atoms with Crippen LogP contribution < -0.4 is 0 Å². The van der Waals surface area contributed by atoms with E-state index in [0.29, 0.717) is 0 Å². The maximum Gasteiger partial charge on any atom is 0.260 e.